The maximum absolute atomic E-state index is 13.9. The van der Waals surface area contributed by atoms with E-state index >= 15 is 0 Å². The number of piperidine rings is 1. The summed E-state index contributed by atoms with van der Waals surface area (Å²) in [6, 6.07) is 5.63. The molecule has 1 saturated carbocycles. The van der Waals surface area contributed by atoms with Gasteiger partial charge in [-0.05, 0) is 56.7 Å². The summed E-state index contributed by atoms with van der Waals surface area (Å²) in [5.74, 6) is 0.823. The van der Waals surface area contributed by atoms with Gasteiger partial charge in [-0.15, -0.1) is 0 Å². The molecule has 0 atom stereocenters. The highest BCUT2D eigenvalue weighted by molar-refractivity contribution is 6.01. The van der Waals surface area contributed by atoms with Crippen molar-refractivity contribution in [1.82, 2.24) is 25.0 Å². The summed E-state index contributed by atoms with van der Waals surface area (Å²) in [5, 5.41) is 7.58. The number of aryl methyl sites for hydroxylation is 1. The third kappa shape index (κ3) is 3.80. The summed E-state index contributed by atoms with van der Waals surface area (Å²) in [4.78, 5) is 37.3. The lowest BCUT2D eigenvalue weighted by Gasteiger charge is -2.53. The smallest absolute Gasteiger partial charge is 0.255 e. The van der Waals surface area contributed by atoms with Crippen LogP contribution < -0.4 is 4.90 Å². The fraction of sp³-hybridized carbons (Fsp3) is 0.522. The van der Waals surface area contributed by atoms with Gasteiger partial charge < -0.3 is 9.80 Å². The van der Waals surface area contributed by atoms with Gasteiger partial charge in [-0.1, -0.05) is 0 Å². The molecule has 5 rings (SSSR count). The molecule has 1 aliphatic carbocycles. The van der Waals surface area contributed by atoms with Crippen molar-refractivity contribution in [1.29, 1.82) is 0 Å². The number of piperazine rings is 1. The molecule has 0 aromatic carbocycles. The Bertz CT molecular complexity index is 952. The van der Waals surface area contributed by atoms with E-state index in [-0.39, 0.29) is 11.8 Å². The van der Waals surface area contributed by atoms with E-state index in [0.29, 0.717) is 44.0 Å². The molecule has 1 spiro atoms. The van der Waals surface area contributed by atoms with Gasteiger partial charge in [-0.3, -0.25) is 19.5 Å². The first-order valence-electron chi connectivity index (χ1n) is 11.1. The second kappa shape index (κ2) is 8.00. The standard InChI is InChI=1S/C23H28N6O2/c1-17-2-5-20(15-24-17)29-13-12-28(16-18-3-4-18)23(22(29)31)7-10-27(11-8-23)21(30)19-6-9-25-26-14-19/h2,5-6,9,14-15,18H,3-4,7-8,10-13,16H2,1H3. The molecule has 2 saturated heterocycles. The molecule has 4 heterocycles. The average molecular weight is 421 g/mol. The molecule has 2 aliphatic heterocycles. The predicted molar refractivity (Wildman–Crippen MR) is 116 cm³/mol. The predicted octanol–water partition coefficient (Wildman–Crippen LogP) is 1.91. The summed E-state index contributed by atoms with van der Waals surface area (Å²) in [5.41, 5.74) is 1.81. The SMILES string of the molecule is Cc1ccc(N2CCN(CC3CC3)C3(CCN(C(=O)c4ccnnc4)CC3)C2=O)cn1. The minimum Gasteiger partial charge on any atom is -0.338 e. The fourth-order valence-corrected chi connectivity index (χ4v) is 4.88. The van der Waals surface area contributed by atoms with Crippen molar-refractivity contribution >= 4 is 17.5 Å². The molecule has 0 unspecified atom stereocenters. The maximum Gasteiger partial charge on any atom is 0.255 e. The Morgan fingerprint density at radius 3 is 2.52 bits per heavy atom. The van der Waals surface area contributed by atoms with Crippen LogP contribution in [0.3, 0.4) is 0 Å². The van der Waals surface area contributed by atoms with Crippen LogP contribution in [0.5, 0.6) is 0 Å². The van der Waals surface area contributed by atoms with Crippen LogP contribution in [0.25, 0.3) is 0 Å². The number of anilines is 1. The minimum absolute atomic E-state index is 0.0404. The van der Waals surface area contributed by atoms with E-state index in [1.54, 1.807) is 12.3 Å². The molecule has 0 N–H and O–H groups in total. The molecule has 0 bridgehead atoms. The van der Waals surface area contributed by atoms with Crippen LogP contribution in [0, 0.1) is 12.8 Å². The largest absolute Gasteiger partial charge is 0.338 e. The molecule has 8 nitrogen and oxygen atoms in total. The molecule has 162 valence electrons. The van der Waals surface area contributed by atoms with E-state index in [1.807, 2.05) is 28.9 Å². The number of rotatable bonds is 4. The van der Waals surface area contributed by atoms with Gasteiger partial charge in [0.05, 0.1) is 29.8 Å². The minimum atomic E-state index is -0.543. The van der Waals surface area contributed by atoms with Gasteiger partial charge in [0, 0.05) is 38.4 Å². The molecular formula is C23H28N6O2. The third-order valence-corrected chi connectivity index (χ3v) is 6.93. The van der Waals surface area contributed by atoms with Crippen LogP contribution in [0.2, 0.25) is 0 Å². The van der Waals surface area contributed by atoms with Gasteiger partial charge in [0.15, 0.2) is 0 Å². The molecule has 2 aromatic heterocycles. The summed E-state index contributed by atoms with van der Waals surface area (Å²) in [6.07, 6.45) is 8.65. The number of carbonyl (C=O) groups excluding carboxylic acids is 2. The monoisotopic (exact) mass is 420 g/mol. The molecule has 3 aliphatic rings. The van der Waals surface area contributed by atoms with Crippen LogP contribution >= 0.6 is 0 Å². The molecule has 3 fully saturated rings. The van der Waals surface area contributed by atoms with Gasteiger partial charge in [-0.25, -0.2) is 0 Å². The first-order valence-corrected chi connectivity index (χ1v) is 11.1. The van der Waals surface area contributed by atoms with E-state index in [4.69, 9.17) is 0 Å². The zero-order valence-electron chi connectivity index (χ0n) is 17.9. The summed E-state index contributed by atoms with van der Waals surface area (Å²) in [6.45, 7) is 5.60. The zero-order valence-corrected chi connectivity index (χ0v) is 17.9. The Kier molecular flexibility index (Phi) is 5.17. The lowest BCUT2D eigenvalue weighted by Crippen LogP contribution is -2.69. The Morgan fingerprint density at radius 2 is 1.87 bits per heavy atom. The second-order valence-electron chi connectivity index (χ2n) is 8.96. The van der Waals surface area contributed by atoms with Gasteiger partial charge >= 0.3 is 0 Å². The lowest BCUT2D eigenvalue weighted by molar-refractivity contribution is -0.137. The Balaban J connectivity index is 1.37. The highest BCUT2D eigenvalue weighted by Crippen LogP contribution is 2.39. The highest BCUT2D eigenvalue weighted by Gasteiger charge is 2.52. The number of pyridine rings is 1. The number of hydrogen-bond acceptors (Lipinski definition) is 6. The van der Waals surface area contributed by atoms with Crippen molar-refractivity contribution in [2.45, 2.75) is 38.1 Å². The number of amides is 2. The van der Waals surface area contributed by atoms with Gasteiger partial charge in [0.2, 0.25) is 5.91 Å². The average Bonchev–Trinajstić information content (AvgIpc) is 3.63. The van der Waals surface area contributed by atoms with Gasteiger partial charge in [0.25, 0.3) is 5.91 Å². The number of hydrogen-bond donors (Lipinski definition) is 0. The zero-order chi connectivity index (χ0) is 21.4. The molecule has 0 radical (unpaired) electrons. The second-order valence-corrected chi connectivity index (χ2v) is 8.96. The van der Waals surface area contributed by atoms with Crippen LogP contribution in [0.4, 0.5) is 5.69 Å². The van der Waals surface area contributed by atoms with E-state index in [9.17, 15) is 9.59 Å². The van der Waals surface area contributed by atoms with Crippen LogP contribution in [-0.2, 0) is 4.79 Å². The highest BCUT2D eigenvalue weighted by atomic mass is 16.2. The van der Waals surface area contributed by atoms with E-state index in [2.05, 4.69) is 20.1 Å². The Labute approximate surface area is 182 Å². The third-order valence-electron chi connectivity index (χ3n) is 6.93. The molecule has 31 heavy (non-hydrogen) atoms. The fourth-order valence-electron chi connectivity index (χ4n) is 4.88. The Hall–Kier alpha value is -2.87. The Morgan fingerprint density at radius 1 is 1.06 bits per heavy atom. The normalized spacial score (nSPS) is 21.5. The molecule has 2 aromatic rings. The van der Waals surface area contributed by atoms with Crippen LogP contribution in [0.1, 0.15) is 41.7 Å². The quantitative estimate of drug-likeness (QED) is 0.752. The van der Waals surface area contributed by atoms with Crippen molar-refractivity contribution in [3.63, 3.8) is 0 Å². The van der Waals surface area contributed by atoms with Crippen molar-refractivity contribution in [2.75, 3.05) is 37.6 Å². The van der Waals surface area contributed by atoms with E-state index < -0.39 is 5.54 Å². The summed E-state index contributed by atoms with van der Waals surface area (Å²) >= 11 is 0. The number of carbonyl (C=O) groups is 2. The van der Waals surface area contributed by atoms with Crippen molar-refractivity contribution in [3.8, 4) is 0 Å². The lowest BCUT2D eigenvalue weighted by atomic mass is 9.81. The first-order chi connectivity index (χ1) is 15.1. The summed E-state index contributed by atoms with van der Waals surface area (Å²) < 4.78 is 0. The van der Waals surface area contributed by atoms with E-state index in [0.717, 1.165) is 24.5 Å². The molecular weight excluding hydrogens is 392 g/mol. The van der Waals surface area contributed by atoms with Gasteiger partial charge in [0.1, 0.15) is 5.54 Å². The summed E-state index contributed by atoms with van der Waals surface area (Å²) in [7, 11) is 0. The molecule has 8 heteroatoms. The van der Waals surface area contributed by atoms with Crippen LogP contribution in [-0.4, -0.2) is 75.1 Å². The number of aromatic nitrogens is 3. The van der Waals surface area contributed by atoms with Crippen molar-refractivity contribution in [3.05, 3.63) is 48.0 Å². The number of likely N-dealkylation sites (tertiary alicyclic amines) is 1. The first kappa shape index (κ1) is 20.1. The molecule has 2 amide bonds. The number of nitrogens with zero attached hydrogens (tertiary/aromatic N) is 6. The van der Waals surface area contributed by atoms with Gasteiger partial charge in [-0.2, -0.15) is 10.2 Å². The topological polar surface area (TPSA) is 82.5 Å². The van der Waals surface area contributed by atoms with Crippen molar-refractivity contribution in [2.24, 2.45) is 5.92 Å². The maximum atomic E-state index is 13.9. The van der Waals surface area contributed by atoms with Crippen LogP contribution in [0.15, 0.2) is 36.8 Å². The van der Waals surface area contributed by atoms with E-state index in [1.165, 1.54) is 25.2 Å². The van der Waals surface area contributed by atoms with Crippen molar-refractivity contribution < 1.29 is 9.59 Å².